The van der Waals surface area contributed by atoms with Crippen molar-refractivity contribution in [2.24, 2.45) is 4.99 Å². The fraction of sp³-hybridized carbons (Fsp3) is 0.333. The van der Waals surface area contributed by atoms with Gasteiger partial charge in [0.25, 0.3) is 0 Å². The second kappa shape index (κ2) is 11.9. The number of nitrogens with one attached hydrogen (secondary N) is 2. The van der Waals surface area contributed by atoms with Crippen LogP contribution in [0.25, 0.3) is 11.5 Å². The number of oxazole rings is 1. The Morgan fingerprint density at radius 2 is 2.03 bits per heavy atom. The van der Waals surface area contributed by atoms with Gasteiger partial charge in [0.05, 0.1) is 12.2 Å². The zero-order chi connectivity index (χ0) is 19.8. The van der Waals surface area contributed by atoms with Gasteiger partial charge in [-0.1, -0.05) is 13.0 Å². The first kappa shape index (κ1) is 23.3. The molecule has 5 nitrogen and oxygen atoms in total. The third kappa shape index (κ3) is 7.11. The standard InChI is InChI=1S/C21H25FN4OS.HI/c1-3-23-21(25-13-15(2)19-5-4-12-28-19)24-11-10-18-14-27-20(26-18)16-6-8-17(22)9-7-16;/h4-9,12,14-15H,3,10-11,13H2,1-2H3,(H2,23,24,25);1H. The molecule has 0 aliphatic heterocycles. The van der Waals surface area contributed by atoms with E-state index in [-0.39, 0.29) is 29.8 Å². The van der Waals surface area contributed by atoms with Crippen LogP contribution >= 0.6 is 35.3 Å². The molecule has 0 aliphatic rings. The molecule has 1 unspecified atom stereocenters. The van der Waals surface area contributed by atoms with Gasteiger partial charge in [-0.15, -0.1) is 35.3 Å². The van der Waals surface area contributed by atoms with Crippen molar-refractivity contribution < 1.29 is 8.81 Å². The van der Waals surface area contributed by atoms with Crippen LogP contribution in [0, 0.1) is 5.82 Å². The molecule has 3 rings (SSSR count). The Bertz CT molecular complexity index is 880. The third-order valence-electron chi connectivity index (χ3n) is 4.21. The minimum Gasteiger partial charge on any atom is -0.444 e. The summed E-state index contributed by atoms with van der Waals surface area (Å²) in [6, 6.07) is 10.3. The highest BCUT2D eigenvalue weighted by molar-refractivity contribution is 14.0. The molecule has 1 aromatic carbocycles. The van der Waals surface area contributed by atoms with Crippen molar-refractivity contribution in [1.29, 1.82) is 0 Å². The van der Waals surface area contributed by atoms with Crippen LogP contribution in [0.5, 0.6) is 0 Å². The van der Waals surface area contributed by atoms with Crippen LogP contribution in [0.1, 0.15) is 30.3 Å². The minimum absolute atomic E-state index is 0. The van der Waals surface area contributed by atoms with Crippen LogP contribution in [0.4, 0.5) is 4.39 Å². The fourth-order valence-electron chi connectivity index (χ4n) is 2.69. The Kier molecular flexibility index (Phi) is 9.59. The number of thiophene rings is 1. The van der Waals surface area contributed by atoms with E-state index in [1.54, 1.807) is 29.7 Å². The van der Waals surface area contributed by atoms with Crippen molar-refractivity contribution >= 4 is 41.3 Å². The molecular formula is C21H26FIN4OS. The molecule has 0 aliphatic carbocycles. The van der Waals surface area contributed by atoms with E-state index in [4.69, 9.17) is 4.42 Å². The Morgan fingerprint density at radius 3 is 2.72 bits per heavy atom. The van der Waals surface area contributed by atoms with Crippen LogP contribution in [-0.2, 0) is 6.42 Å². The largest absolute Gasteiger partial charge is 0.444 e. The highest BCUT2D eigenvalue weighted by atomic mass is 127. The molecule has 1 atom stereocenters. The normalized spacial score (nSPS) is 12.3. The first-order valence-electron chi connectivity index (χ1n) is 9.41. The Hall–Kier alpha value is -1.94. The maximum atomic E-state index is 13.0. The van der Waals surface area contributed by atoms with Gasteiger partial charge in [0.2, 0.25) is 5.89 Å². The summed E-state index contributed by atoms with van der Waals surface area (Å²) in [5.41, 5.74) is 1.60. The molecule has 2 heterocycles. The van der Waals surface area contributed by atoms with E-state index in [1.807, 2.05) is 6.92 Å². The van der Waals surface area contributed by atoms with Gasteiger partial charge in [-0.3, -0.25) is 4.99 Å². The number of hydrogen-bond donors (Lipinski definition) is 2. The SMILES string of the molecule is CCNC(=NCC(C)c1cccs1)NCCc1coc(-c2ccc(F)cc2)n1.I. The number of aliphatic imine (C=N–C) groups is 1. The van der Waals surface area contributed by atoms with Gasteiger partial charge in [0.1, 0.15) is 12.1 Å². The third-order valence-corrected chi connectivity index (χ3v) is 5.32. The molecule has 3 aromatic rings. The van der Waals surface area contributed by atoms with Crippen molar-refractivity contribution in [3.8, 4) is 11.5 Å². The van der Waals surface area contributed by atoms with Crippen LogP contribution < -0.4 is 10.6 Å². The van der Waals surface area contributed by atoms with Gasteiger partial charge in [-0.05, 0) is 42.6 Å². The summed E-state index contributed by atoms with van der Waals surface area (Å²) in [7, 11) is 0. The zero-order valence-electron chi connectivity index (χ0n) is 16.5. The van der Waals surface area contributed by atoms with E-state index >= 15 is 0 Å². The van der Waals surface area contributed by atoms with Gasteiger partial charge in [-0.25, -0.2) is 9.37 Å². The molecule has 29 heavy (non-hydrogen) atoms. The van der Waals surface area contributed by atoms with Gasteiger partial charge in [-0.2, -0.15) is 0 Å². The van der Waals surface area contributed by atoms with Crippen LogP contribution in [0.2, 0.25) is 0 Å². The second-order valence-corrected chi connectivity index (χ2v) is 7.44. The first-order valence-corrected chi connectivity index (χ1v) is 10.3. The number of benzene rings is 1. The molecular weight excluding hydrogens is 502 g/mol. The molecule has 0 amide bonds. The van der Waals surface area contributed by atoms with Crippen LogP contribution in [0.3, 0.4) is 0 Å². The molecule has 2 aromatic heterocycles. The number of aromatic nitrogens is 1. The first-order chi connectivity index (χ1) is 13.7. The van der Waals surface area contributed by atoms with Gasteiger partial charge < -0.3 is 15.1 Å². The lowest BCUT2D eigenvalue weighted by Gasteiger charge is -2.12. The molecule has 0 bridgehead atoms. The molecule has 2 N–H and O–H groups in total. The number of hydrogen-bond acceptors (Lipinski definition) is 4. The summed E-state index contributed by atoms with van der Waals surface area (Å²) < 4.78 is 18.5. The lowest BCUT2D eigenvalue weighted by molar-refractivity contribution is 0.571. The van der Waals surface area contributed by atoms with E-state index in [0.717, 1.165) is 30.3 Å². The predicted octanol–water partition coefficient (Wildman–Crippen LogP) is 5.06. The predicted molar refractivity (Wildman–Crippen MR) is 128 cm³/mol. The van der Waals surface area contributed by atoms with Crippen molar-refractivity contribution in [3.63, 3.8) is 0 Å². The Balaban J connectivity index is 0.00000300. The zero-order valence-corrected chi connectivity index (χ0v) is 19.7. The molecule has 0 radical (unpaired) electrons. The smallest absolute Gasteiger partial charge is 0.226 e. The number of guanidine groups is 1. The summed E-state index contributed by atoms with van der Waals surface area (Å²) in [6.45, 7) is 6.46. The van der Waals surface area contributed by atoms with E-state index in [9.17, 15) is 4.39 Å². The van der Waals surface area contributed by atoms with Gasteiger partial charge in [0, 0.05) is 35.9 Å². The molecule has 0 saturated heterocycles. The summed E-state index contributed by atoms with van der Waals surface area (Å²) in [4.78, 5) is 10.5. The van der Waals surface area contributed by atoms with Crippen LogP contribution in [0.15, 0.2) is 57.5 Å². The Morgan fingerprint density at radius 1 is 1.24 bits per heavy atom. The highest BCUT2D eigenvalue weighted by Gasteiger charge is 2.08. The maximum Gasteiger partial charge on any atom is 0.226 e. The minimum atomic E-state index is -0.275. The van der Waals surface area contributed by atoms with Crippen molar-refractivity contribution in [1.82, 2.24) is 15.6 Å². The van der Waals surface area contributed by atoms with Gasteiger partial charge in [0.15, 0.2) is 5.96 Å². The number of halogens is 2. The summed E-state index contributed by atoms with van der Waals surface area (Å²) in [5.74, 6) is 1.42. The summed E-state index contributed by atoms with van der Waals surface area (Å²) in [6.07, 6.45) is 2.35. The van der Waals surface area contributed by atoms with Crippen LogP contribution in [-0.4, -0.2) is 30.6 Å². The molecule has 0 spiro atoms. The maximum absolute atomic E-state index is 13.0. The number of nitrogens with zero attached hydrogens (tertiary/aromatic N) is 2. The highest BCUT2D eigenvalue weighted by Crippen LogP contribution is 2.21. The second-order valence-electron chi connectivity index (χ2n) is 6.46. The quantitative estimate of drug-likeness (QED) is 0.244. The van der Waals surface area contributed by atoms with Crippen molar-refractivity contribution in [3.05, 3.63) is 64.4 Å². The lowest BCUT2D eigenvalue weighted by Crippen LogP contribution is -2.38. The van der Waals surface area contributed by atoms with E-state index < -0.39 is 0 Å². The summed E-state index contributed by atoms with van der Waals surface area (Å²) in [5, 5.41) is 8.70. The lowest BCUT2D eigenvalue weighted by atomic mass is 10.1. The average molecular weight is 528 g/mol. The Labute approximate surface area is 191 Å². The number of rotatable bonds is 8. The molecule has 156 valence electrons. The van der Waals surface area contributed by atoms with Crippen molar-refractivity contribution in [2.45, 2.75) is 26.2 Å². The van der Waals surface area contributed by atoms with E-state index in [2.05, 4.69) is 45.0 Å². The van der Waals surface area contributed by atoms with E-state index in [1.165, 1.54) is 17.0 Å². The molecule has 8 heteroatoms. The molecule has 0 fully saturated rings. The monoisotopic (exact) mass is 528 g/mol. The topological polar surface area (TPSA) is 62.5 Å². The average Bonchev–Trinajstić information content (AvgIpc) is 3.39. The van der Waals surface area contributed by atoms with E-state index in [0.29, 0.717) is 24.8 Å². The molecule has 0 saturated carbocycles. The van der Waals surface area contributed by atoms with Crippen molar-refractivity contribution in [2.75, 3.05) is 19.6 Å². The fourth-order valence-corrected chi connectivity index (χ4v) is 3.47. The summed E-state index contributed by atoms with van der Waals surface area (Å²) >= 11 is 1.76. The van der Waals surface area contributed by atoms with Gasteiger partial charge >= 0.3 is 0 Å².